The Morgan fingerprint density at radius 3 is 2.39 bits per heavy atom. The lowest BCUT2D eigenvalue weighted by atomic mass is 9.81. The van der Waals surface area contributed by atoms with Crippen LogP contribution in [0.15, 0.2) is 11.1 Å². The van der Waals surface area contributed by atoms with Crippen LogP contribution < -0.4 is 0 Å². The van der Waals surface area contributed by atoms with Crippen molar-refractivity contribution >= 4 is 0 Å². The molecule has 0 aromatic rings. The van der Waals surface area contributed by atoms with E-state index in [1.54, 1.807) is 0 Å². The van der Waals surface area contributed by atoms with Gasteiger partial charge >= 0.3 is 0 Å². The third-order valence-corrected chi connectivity index (χ3v) is 3.70. The molecule has 0 saturated carbocycles. The first-order chi connectivity index (χ1) is 8.49. The second kappa shape index (κ2) is 5.24. The van der Waals surface area contributed by atoms with Crippen molar-refractivity contribution < 1.29 is 30.3 Å². The quantitative estimate of drug-likeness (QED) is 0.387. The minimum Gasteiger partial charge on any atom is -0.390 e. The normalized spacial score (nSPS) is 42.0. The summed E-state index contributed by atoms with van der Waals surface area (Å²) >= 11 is 0. The van der Waals surface area contributed by atoms with E-state index in [0.717, 1.165) is 6.42 Å². The fourth-order valence-corrected chi connectivity index (χ4v) is 2.68. The molecule has 0 amide bonds. The summed E-state index contributed by atoms with van der Waals surface area (Å²) in [5.74, 6) is 0. The van der Waals surface area contributed by atoms with Crippen LogP contribution in [0, 0.1) is 0 Å². The third kappa shape index (κ3) is 2.09. The van der Waals surface area contributed by atoms with Crippen LogP contribution in [0.3, 0.4) is 0 Å². The number of hydrogen-bond acceptors (Lipinski definition) is 6. The Morgan fingerprint density at radius 1 is 1.17 bits per heavy atom. The van der Waals surface area contributed by atoms with E-state index in [0.29, 0.717) is 17.6 Å². The van der Waals surface area contributed by atoms with Crippen LogP contribution in [0.5, 0.6) is 0 Å². The number of ether oxygens (including phenoxy) is 1. The summed E-state index contributed by atoms with van der Waals surface area (Å²) in [7, 11) is 0. The molecule has 6 heteroatoms. The van der Waals surface area contributed by atoms with E-state index < -0.39 is 36.6 Å². The van der Waals surface area contributed by atoms with Gasteiger partial charge in [0.2, 0.25) is 0 Å². The fraction of sp³-hybridized carbons (Fsp3) is 0.833. The molecule has 6 nitrogen and oxygen atoms in total. The topological polar surface area (TPSA) is 110 Å². The lowest BCUT2D eigenvalue weighted by molar-refractivity contribution is -0.0988. The predicted octanol–water partition coefficient (Wildman–Crippen LogP) is -1.70. The summed E-state index contributed by atoms with van der Waals surface area (Å²) in [6, 6.07) is 0. The highest BCUT2D eigenvalue weighted by atomic mass is 16.5. The maximum absolute atomic E-state index is 9.95. The van der Waals surface area contributed by atoms with Crippen LogP contribution in [0.4, 0.5) is 0 Å². The first-order valence-electron chi connectivity index (χ1n) is 6.23. The minimum absolute atomic E-state index is 0.0583. The van der Waals surface area contributed by atoms with Crippen molar-refractivity contribution in [1.82, 2.24) is 0 Å². The summed E-state index contributed by atoms with van der Waals surface area (Å²) in [5.41, 5.74) is 0.696. The summed E-state index contributed by atoms with van der Waals surface area (Å²) in [5, 5.41) is 49.0. The van der Waals surface area contributed by atoms with Gasteiger partial charge in [-0.05, 0) is 17.6 Å². The first kappa shape index (κ1) is 13.9. The van der Waals surface area contributed by atoms with E-state index in [9.17, 15) is 25.5 Å². The fourth-order valence-electron chi connectivity index (χ4n) is 2.68. The smallest absolute Gasteiger partial charge is 0.113 e. The second-order valence-electron chi connectivity index (χ2n) is 4.94. The SMILES string of the molecule is CCC[C@H](O)[C@@H]1OCC2=C1[C@H](O)[C@H](O)[C@H](O)[C@H]2O. The molecule has 2 rings (SSSR count). The molecule has 2 aliphatic rings. The maximum atomic E-state index is 9.95. The minimum atomic E-state index is -1.46. The van der Waals surface area contributed by atoms with Crippen LogP contribution in [0.2, 0.25) is 0 Å². The molecule has 1 aliphatic carbocycles. The van der Waals surface area contributed by atoms with Crippen molar-refractivity contribution in [2.45, 2.75) is 56.4 Å². The molecule has 0 saturated heterocycles. The Balaban J connectivity index is 2.28. The van der Waals surface area contributed by atoms with Crippen molar-refractivity contribution in [3.8, 4) is 0 Å². The van der Waals surface area contributed by atoms with Crippen molar-refractivity contribution in [2.24, 2.45) is 0 Å². The van der Waals surface area contributed by atoms with Gasteiger partial charge < -0.3 is 30.3 Å². The molecule has 0 radical (unpaired) electrons. The molecule has 0 fully saturated rings. The number of aliphatic hydroxyl groups is 5. The molecule has 6 atom stereocenters. The van der Waals surface area contributed by atoms with Gasteiger partial charge in [0.15, 0.2) is 0 Å². The number of hydrogen-bond donors (Lipinski definition) is 5. The largest absolute Gasteiger partial charge is 0.390 e. The van der Waals surface area contributed by atoms with Crippen molar-refractivity contribution in [3.05, 3.63) is 11.1 Å². The average Bonchev–Trinajstić information content (AvgIpc) is 2.79. The highest BCUT2D eigenvalue weighted by molar-refractivity contribution is 5.36. The summed E-state index contributed by atoms with van der Waals surface area (Å²) < 4.78 is 5.39. The predicted molar refractivity (Wildman–Crippen MR) is 61.7 cm³/mol. The molecule has 104 valence electrons. The standard InChI is InChI=1S/C12H20O6/c1-2-3-6(13)12-7-5(4-18-12)8(14)10(16)11(17)9(7)15/h6,8-17H,2-4H2,1H3/t6-,8-,9-,10+,11-,12-/m0/s1. The van der Waals surface area contributed by atoms with Gasteiger partial charge in [-0.1, -0.05) is 13.3 Å². The molecular formula is C12H20O6. The lowest BCUT2D eigenvalue weighted by Crippen LogP contribution is -2.52. The zero-order chi connectivity index (χ0) is 13.4. The van der Waals surface area contributed by atoms with E-state index in [1.165, 1.54) is 0 Å². The average molecular weight is 260 g/mol. The van der Waals surface area contributed by atoms with Crippen molar-refractivity contribution in [2.75, 3.05) is 6.61 Å². The summed E-state index contributed by atoms with van der Waals surface area (Å²) in [4.78, 5) is 0. The van der Waals surface area contributed by atoms with Gasteiger partial charge in [0.05, 0.1) is 12.7 Å². The van der Waals surface area contributed by atoms with Crippen LogP contribution in [-0.4, -0.2) is 68.8 Å². The van der Waals surface area contributed by atoms with Gasteiger partial charge in [0, 0.05) is 0 Å². The zero-order valence-corrected chi connectivity index (χ0v) is 10.2. The summed E-state index contributed by atoms with van der Waals surface area (Å²) in [6.07, 6.45) is -5.69. The van der Waals surface area contributed by atoms with Gasteiger partial charge in [-0.2, -0.15) is 0 Å². The van der Waals surface area contributed by atoms with E-state index in [2.05, 4.69) is 0 Å². The summed E-state index contributed by atoms with van der Waals surface area (Å²) in [6.45, 7) is 1.97. The monoisotopic (exact) mass is 260 g/mol. The van der Waals surface area contributed by atoms with Gasteiger partial charge in [-0.15, -0.1) is 0 Å². The Hall–Kier alpha value is -0.500. The van der Waals surface area contributed by atoms with Gasteiger partial charge in [0.1, 0.15) is 30.5 Å². The Bertz CT molecular complexity index is 341. The molecule has 0 aromatic carbocycles. The van der Waals surface area contributed by atoms with E-state index >= 15 is 0 Å². The van der Waals surface area contributed by atoms with E-state index in [-0.39, 0.29) is 6.61 Å². The van der Waals surface area contributed by atoms with Crippen LogP contribution in [-0.2, 0) is 4.74 Å². The Morgan fingerprint density at radius 2 is 1.78 bits per heavy atom. The maximum Gasteiger partial charge on any atom is 0.113 e. The van der Waals surface area contributed by atoms with Crippen LogP contribution in [0.25, 0.3) is 0 Å². The first-order valence-corrected chi connectivity index (χ1v) is 6.23. The Labute approximate surface area is 105 Å². The molecule has 18 heavy (non-hydrogen) atoms. The second-order valence-corrected chi connectivity index (χ2v) is 4.94. The number of rotatable bonds is 3. The zero-order valence-electron chi connectivity index (χ0n) is 10.2. The van der Waals surface area contributed by atoms with Crippen molar-refractivity contribution in [1.29, 1.82) is 0 Å². The van der Waals surface area contributed by atoms with Gasteiger partial charge in [-0.3, -0.25) is 0 Å². The highest BCUT2D eigenvalue weighted by Crippen LogP contribution is 2.36. The molecule has 1 heterocycles. The highest BCUT2D eigenvalue weighted by Gasteiger charge is 2.48. The molecule has 0 unspecified atom stereocenters. The Kier molecular flexibility index (Phi) is 4.05. The van der Waals surface area contributed by atoms with Crippen LogP contribution >= 0.6 is 0 Å². The van der Waals surface area contributed by atoms with Crippen LogP contribution in [0.1, 0.15) is 19.8 Å². The van der Waals surface area contributed by atoms with Gasteiger partial charge in [0.25, 0.3) is 0 Å². The van der Waals surface area contributed by atoms with Gasteiger partial charge in [-0.25, -0.2) is 0 Å². The number of aliphatic hydroxyl groups excluding tert-OH is 5. The van der Waals surface area contributed by atoms with E-state index in [1.807, 2.05) is 6.92 Å². The lowest BCUT2D eigenvalue weighted by Gasteiger charge is -2.35. The third-order valence-electron chi connectivity index (χ3n) is 3.70. The molecule has 5 N–H and O–H groups in total. The molecular weight excluding hydrogens is 240 g/mol. The molecule has 0 aromatic heterocycles. The molecule has 1 aliphatic heterocycles. The van der Waals surface area contributed by atoms with Crippen molar-refractivity contribution in [3.63, 3.8) is 0 Å². The van der Waals surface area contributed by atoms with E-state index in [4.69, 9.17) is 4.74 Å². The molecule has 0 spiro atoms. The molecule has 0 bridgehead atoms.